The van der Waals surface area contributed by atoms with Gasteiger partial charge in [0.1, 0.15) is 0 Å². The number of anilines is 1. The fourth-order valence-corrected chi connectivity index (χ4v) is 5.92. The van der Waals surface area contributed by atoms with E-state index in [-0.39, 0.29) is 18.5 Å². The SMILES string of the molecule is CO[C@H]1C[C@@H](S(=O)(=O)c2ccc(N3CCOCC3)cc2C(F)(F)F)C[C@@H]1C(=O)O. The summed E-state index contributed by atoms with van der Waals surface area (Å²) in [7, 11) is -3.16. The third kappa shape index (κ3) is 4.36. The van der Waals surface area contributed by atoms with Crippen molar-refractivity contribution in [2.45, 2.75) is 35.3 Å². The summed E-state index contributed by atoms with van der Waals surface area (Å²) in [6.07, 6.45) is -6.21. The third-order valence-electron chi connectivity index (χ3n) is 5.47. The lowest BCUT2D eigenvalue weighted by atomic mass is 10.1. The van der Waals surface area contributed by atoms with Gasteiger partial charge >= 0.3 is 12.1 Å². The topological polar surface area (TPSA) is 93.1 Å². The number of aliphatic carboxylic acids is 1. The van der Waals surface area contributed by atoms with Crippen molar-refractivity contribution >= 4 is 21.5 Å². The molecule has 0 bridgehead atoms. The highest BCUT2D eigenvalue weighted by molar-refractivity contribution is 7.92. The molecule has 7 nitrogen and oxygen atoms in total. The van der Waals surface area contributed by atoms with Gasteiger partial charge in [-0.05, 0) is 31.0 Å². The molecule has 1 saturated carbocycles. The van der Waals surface area contributed by atoms with E-state index in [0.29, 0.717) is 26.3 Å². The molecule has 0 amide bonds. The second kappa shape index (κ2) is 8.11. The zero-order valence-electron chi connectivity index (χ0n) is 15.7. The molecule has 1 aliphatic heterocycles. The lowest BCUT2D eigenvalue weighted by Crippen LogP contribution is -2.36. The van der Waals surface area contributed by atoms with Gasteiger partial charge in [0.05, 0.1) is 40.9 Å². The molecule has 11 heteroatoms. The van der Waals surface area contributed by atoms with E-state index in [1.165, 1.54) is 13.2 Å². The number of morpholine rings is 1. The monoisotopic (exact) mass is 437 g/mol. The largest absolute Gasteiger partial charge is 0.481 e. The average molecular weight is 437 g/mol. The summed E-state index contributed by atoms with van der Waals surface area (Å²) in [6, 6.07) is 3.17. The number of hydrogen-bond acceptors (Lipinski definition) is 6. The van der Waals surface area contributed by atoms with Crippen molar-refractivity contribution in [1.82, 2.24) is 0 Å². The first kappa shape index (κ1) is 21.8. The number of carboxylic acid groups (broad SMARTS) is 1. The van der Waals surface area contributed by atoms with Crippen LogP contribution in [0.5, 0.6) is 0 Å². The van der Waals surface area contributed by atoms with E-state index in [4.69, 9.17) is 9.47 Å². The summed E-state index contributed by atoms with van der Waals surface area (Å²) in [4.78, 5) is 12.2. The molecule has 1 aromatic carbocycles. The smallest absolute Gasteiger partial charge is 0.417 e. The van der Waals surface area contributed by atoms with Crippen LogP contribution in [0.15, 0.2) is 23.1 Å². The lowest BCUT2D eigenvalue weighted by Gasteiger charge is -2.30. The second-order valence-corrected chi connectivity index (χ2v) is 9.33. The first-order valence-electron chi connectivity index (χ1n) is 9.09. The van der Waals surface area contributed by atoms with E-state index in [9.17, 15) is 31.5 Å². The minimum absolute atomic E-state index is 0.168. The van der Waals surface area contributed by atoms with Crippen molar-refractivity contribution in [3.05, 3.63) is 23.8 Å². The highest BCUT2D eigenvalue weighted by atomic mass is 32.2. The molecular formula is C18H22F3NO6S. The predicted octanol–water partition coefficient (Wildman–Crippen LogP) is 2.19. The van der Waals surface area contributed by atoms with Crippen LogP contribution in [-0.2, 0) is 30.3 Å². The molecule has 1 aliphatic carbocycles. The number of carboxylic acids is 1. The average Bonchev–Trinajstić information content (AvgIpc) is 3.13. The van der Waals surface area contributed by atoms with Gasteiger partial charge in [-0.3, -0.25) is 4.79 Å². The van der Waals surface area contributed by atoms with Crippen LogP contribution in [-0.4, -0.2) is 64.3 Å². The molecule has 2 aliphatic rings. The normalized spacial score (nSPS) is 25.9. The standard InChI is InChI=1S/C18H22F3NO6S/c1-27-15-10-12(9-13(15)17(23)24)29(25,26)16-3-2-11(8-14(16)18(19,20)21)22-4-6-28-7-5-22/h2-3,8,12-13,15H,4-7,9-10H2,1H3,(H,23,24)/t12-,13-,15-/m0/s1. The van der Waals surface area contributed by atoms with Crippen LogP contribution in [0.1, 0.15) is 18.4 Å². The molecule has 1 heterocycles. The van der Waals surface area contributed by atoms with Gasteiger partial charge in [-0.1, -0.05) is 0 Å². The molecule has 29 heavy (non-hydrogen) atoms. The summed E-state index contributed by atoms with van der Waals surface area (Å²) < 4.78 is 77.5. The Morgan fingerprint density at radius 1 is 1.24 bits per heavy atom. The number of methoxy groups -OCH3 is 1. The Labute approximate surface area is 166 Å². The van der Waals surface area contributed by atoms with Gasteiger partial charge in [0.2, 0.25) is 0 Å². The third-order valence-corrected chi connectivity index (χ3v) is 7.70. The minimum atomic E-state index is -4.88. The van der Waals surface area contributed by atoms with Gasteiger partial charge in [0.25, 0.3) is 0 Å². The predicted molar refractivity (Wildman–Crippen MR) is 96.6 cm³/mol. The van der Waals surface area contributed by atoms with Crippen LogP contribution in [0.25, 0.3) is 0 Å². The number of ether oxygens (including phenoxy) is 2. The number of alkyl halides is 3. The maximum absolute atomic E-state index is 13.7. The molecule has 1 N–H and O–H groups in total. The molecule has 1 saturated heterocycles. The Morgan fingerprint density at radius 2 is 1.90 bits per heavy atom. The maximum Gasteiger partial charge on any atom is 0.417 e. The van der Waals surface area contributed by atoms with Crippen molar-refractivity contribution in [3.63, 3.8) is 0 Å². The highest BCUT2D eigenvalue weighted by Gasteiger charge is 2.47. The Balaban J connectivity index is 1.99. The van der Waals surface area contributed by atoms with Gasteiger partial charge in [-0.2, -0.15) is 13.2 Å². The first-order chi connectivity index (χ1) is 13.6. The summed E-state index contributed by atoms with van der Waals surface area (Å²) in [5.74, 6) is -2.31. The number of carbonyl (C=O) groups is 1. The highest BCUT2D eigenvalue weighted by Crippen LogP contribution is 2.42. The molecule has 3 rings (SSSR count). The van der Waals surface area contributed by atoms with Gasteiger partial charge in [0.15, 0.2) is 9.84 Å². The summed E-state index contributed by atoms with van der Waals surface area (Å²) in [5, 5.41) is 8.00. The van der Waals surface area contributed by atoms with Crippen molar-refractivity contribution in [3.8, 4) is 0 Å². The van der Waals surface area contributed by atoms with Crippen LogP contribution in [0.2, 0.25) is 0 Å². The Kier molecular flexibility index (Phi) is 6.11. The van der Waals surface area contributed by atoms with E-state index >= 15 is 0 Å². The number of rotatable bonds is 5. The fourth-order valence-electron chi connectivity index (χ4n) is 3.91. The Bertz CT molecular complexity index is 867. The summed E-state index contributed by atoms with van der Waals surface area (Å²) in [6.45, 7) is 1.56. The number of nitrogens with zero attached hydrogens (tertiary/aromatic N) is 1. The number of hydrogen-bond donors (Lipinski definition) is 1. The molecule has 0 aromatic heterocycles. The van der Waals surface area contributed by atoms with Gasteiger partial charge in [-0.25, -0.2) is 8.42 Å². The van der Waals surface area contributed by atoms with Gasteiger partial charge in [-0.15, -0.1) is 0 Å². The van der Waals surface area contributed by atoms with Crippen molar-refractivity contribution in [1.29, 1.82) is 0 Å². The Hall–Kier alpha value is -1.85. The molecule has 1 aromatic rings. The quantitative estimate of drug-likeness (QED) is 0.755. The summed E-state index contributed by atoms with van der Waals surface area (Å²) >= 11 is 0. The van der Waals surface area contributed by atoms with Crippen molar-refractivity contribution in [2.24, 2.45) is 5.92 Å². The van der Waals surface area contributed by atoms with Gasteiger partial charge in [0, 0.05) is 25.9 Å². The minimum Gasteiger partial charge on any atom is -0.481 e. The van der Waals surface area contributed by atoms with E-state index in [0.717, 1.165) is 12.1 Å². The van der Waals surface area contributed by atoms with Gasteiger partial charge < -0.3 is 19.5 Å². The van der Waals surface area contributed by atoms with Crippen LogP contribution in [0.3, 0.4) is 0 Å². The zero-order chi connectivity index (χ0) is 21.4. The maximum atomic E-state index is 13.7. The number of sulfone groups is 1. The lowest BCUT2D eigenvalue weighted by molar-refractivity contribution is -0.145. The van der Waals surface area contributed by atoms with Crippen LogP contribution >= 0.6 is 0 Å². The first-order valence-corrected chi connectivity index (χ1v) is 10.6. The van der Waals surface area contributed by atoms with Crippen LogP contribution in [0.4, 0.5) is 18.9 Å². The van der Waals surface area contributed by atoms with Crippen LogP contribution in [0, 0.1) is 5.92 Å². The number of benzene rings is 1. The molecule has 2 fully saturated rings. The molecule has 0 unspecified atom stereocenters. The van der Waals surface area contributed by atoms with Crippen molar-refractivity contribution < 1.29 is 41.0 Å². The zero-order valence-corrected chi connectivity index (χ0v) is 16.5. The van der Waals surface area contributed by atoms with Crippen molar-refractivity contribution in [2.75, 3.05) is 38.3 Å². The molecule has 0 radical (unpaired) electrons. The van der Waals surface area contributed by atoms with E-state index in [2.05, 4.69) is 0 Å². The molecular weight excluding hydrogens is 415 g/mol. The number of halogens is 3. The second-order valence-electron chi connectivity index (χ2n) is 7.13. The fraction of sp³-hybridized carbons (Fsp3) is 0.611. The summed E-state index contributed by atoms with van der Waals surface area (Å²) in [5.41, 5.74) is -0.974. The van der Waals surface area contributed by atoms with E-state index in [1.54, 1.807) is 4.90 Å². The van der Waals surface area contributed by atoms with E-state index in [1.807, 2.05) is 0 Å². The molecule has 3 atom stereocenters. The van der Waals surface area contributed by atoms with E-state index < -0.39 is 49.7 Å². The molecule has 162 valence electrons. The Morgan fingerprint density at radius 3 is 2.41 bits per heavy atom. The molecule has 0 spiro atoms. The van der Waals surface area contributed by atoms with Crippen LogP contribution < -0.4 is 4.90 Å².